The molecule has 0 fully saturated rings. The molecule has 0 amide bonds. The number of halogens is 1. The summed E-state index contributed by atoms with van der Waals surface area (Å²) in [6, 6.07) is 9.84. The molecule has 0 saturated carbocycles. The average Bonchev–Trinajstić information content (AvgIpc) is 2.76. The van der Waals surface area contributed by atoms with E-state index in [1.807, 2.05) is 0 Å². The molecule has 2 aromatic rings. The first-order valence-electron chi connectivity index (χ1n) is 5.27. The topological polar surface area (TPSA) is 73.3 Å². The minimum Gasteiger partial charge on any atom is -0.464 e. The Morgan fingerprint density at radius 1 is 1.06 bits per heavy atom. The van der Waals surface area contributed by atoms with Gasteiger partial charge in [-0.05, 0) is 36.4 Å². The molecule has 18 heavy (non-hydrogen) atoms. The molecule has 0 aliphatic heterocycles. The zero-order chi connectivity index (χ0) is 13.2. The molecule has 0 radical (unpaired) electrons. The Balaban J connectivity index is 2.24. The predicted molar refractivity (Wildman–Crippen MR) is 71.6 cm³/mol. The number of rotatable bonds is 4. The van der Waals surface area contributed by atoms with Crippen LogP contribution < -0.4 is 5.73 Å². The van der Waals surface area contributed by atoms with Gasteiger partial charge in [-0.2, -0.15) is 0 Å². The second-order valence-corrected chi connectivity index (χ2v) is 6.69. The van der Waals surface area contributed by atoms with E-state index >= 15 is 0 Å². The molecule has 2 rings (SSSR count). The summed E-state index contributed by atoms with van der Waals surface area (Å²) in [7, 11) is -3.38. The van der Waals surface area contributed by atoms with Gasteiger partial charge in [0, 0.05) is 4.47 Å². The van der Waals surface area contributed by atoms with Crippen molar-refractivity contribution in [3.63, 3.8) is 0 Å². The molecular formula is C12H12BrNO3S. The Morgan fingerprint density at radius 2 is 1.67 bits per heavy atom. The van der Waals surface area contributed by atoms with Crippen LogP contribution in [0.2, 0.25) is 0 Å². The van der Waals surface area contributed by atoms with E-state index in [0.29, 0.717) is 11.5 Å². The lowest BCUT2D eigenvalue weighted by molar-refractivity contribution is 0.477. The summed E-state index contributed by atoms with van der Waals surface area (Å²) in [5.41, 5.74) is 5.41. The second kappa shape index (κ2) is 5.26. The van der Waals surface area contributed by atoms with Gasteiger partial charge in [0.05, 0.1) is 11.4 Å². The highest BCUT2D eigenvalue weighted by atomic mass is 79.9. The lowest BCUT2D eigenvalue weighted by Gasteiger charge is -2.02. The number of hydrogen-bond donors (Lipinski definition) is 1. The highest BCUT2D eigenvalue weighted by Crippen LogP contribution is 2.20. The number of sulfone groups is 1. The molecule has 0 unspecified atom stereocenters. The standard InChI is InChI=1S/C12H12BrNO3S/c13-9-1-5-12(6-2-9)18(15,16)8-11-4-3-10(7-14)17-11/h1-6H,7-8,14H2. The van der Waals surface area contributed by atoms with E-state index in [1.54, 1.807) is 36.4 Å². The third-order valence-electron chi connectivity index (χ3n) is 2.42. The molecule has 1 aromatic carbocycles. The van der Waals surface area contributed by atoms with Crippen LogP contribution in [-0.2, 0) is 22.1 Å². The van der Waals surface area contributed by atoms with Crippen LogP contribution in [0.3, 0.4) is 0 Å². The number of benzene rings is 1. The summed E-state index contributed by atoms with van der Waals surface area (Å²) in [4.78, 5) is 0.274. The van der Waals surface area contributed by atoms with Crippen molar-refractivity contribution in [2.45, 2.75) is 17.2 Å². The monoisotopic (exact) mass is 329 g/mol. The Kier molecular flexibility index (Phi) is 3.89. The van der Waals surface area contributed by atoms with Crippen LogP contribution >= 0.6 is 15.9 Å². The lowest BCUT2D eigenvalue weighted by Crippen LogP contribution is -2.04. The molecule has 0 aliphatic carbocycles. The molecule has 2 N–H and O–H groups in total. The minimum atomic E-state index is -3.38. The zero-order valence-corrected chi connectivity index (χ0v) is 11.9. The Hall–Kier alpha value is -1.11. The van der Waals surface area contributed by atoms with Gasteiger partial charge in [-0.1, -0.05) is 15.9 Å². The summed E-state index contributed by atoms with van der Waals surface area (Å²) < 4.78 is 30.3. The van der Waals surface area contributed by atoms with Crippen LogP contribution in [0.15, 0.2) is 50.2 Å². The van der Waals surface area contributed by atoms with Crippen molar-refractivity contribution >= 4 is 25.8 Å². The highest BCUT2D eigenvalue weighted by molar-refractivity contribution is 9.10. The molecule has 0 saturated heterocycles. The molecule has 6 heteroatoms. The van der Waals surface area contributed by atoms with Crippen LogP contribution in [0, 0.1) is 0 Å². The third kappa shape index (κ3) is 3.01. The minimum absolute atomic E-state index is 0.158. The molecule has 4 nitrogen and oxygen atoms in total. The fourth-order valence-electron chi connectivity index (χ4n) is 1.52. The fraction of sp³-hybridized carbons (Fsp3) is 0.167. The molecule has 0 spiro atoms. The lowest BCUT2D eigenvalue weighted by atomic mass is 10.4. The fourth-order valence-corrected chi connectivity index (χ4v) is 3.03. The summed E-state index contributed by atoms with van der Waals surface area (Å²) in [6.45, 7) is 0.262. The van der Waals surface area contributed by atoms with Gasteiger partial charge in [0.1, 0.15) is 17.3 Å². The number of nitrogens with two attached hydrogens (primary N) is 1. The molecule has 1 aromatic heterocycles. The Bertz CT molecular complexity index is 632. The van der Waals surface area contributed by atoms with E-state index < -0.39 is 9.84 Å². The van der Waals surface area contributed by atoms with Gasteiger partial charge in [-0.15, -0.1) is 0 Å². The summed E-state index contributed by atoms with van der Waals surface area (Å²) in [6.07, 6.45) is 0. The highest BCUT2D eigenvalue weighted by Gasteiger charge is 2.17. The quantitative estimate of drug-likeness (QED) is 0.935. The maximum absolute atomic E-state index is 12.1. The third-order valence-corrected chi connectivity index (χ3v) is 4.61. The first-order valence-corrected chi connectivity index (χ1v) is 7.72. The van der Waals surface area contributed by atoms with Crippen molar-refractivity contribution in [3.8, 4) is 0 Å². The predicted octanol–water partition coefficient (Wildman–Crippen LogP) is 2.47. The summed E-state index contributed by atoms with van der Waals surface area (Å²) in [5.74, 6) is 0.823. The van der Waals surface area contributed by atoms with Crippen molar-refractivity contribution in [2.24, 2.45) is 5.73 Å². The van der Waals surface area contributed by atoms with Gasteiger partial charge in [0.15, 0.2) is 9.84 Å². The molecule has 0 atom stereocenters. The normalized spacial score (nSPS) is 11.7. The summed E-state index contributed by atoms with van der Waals surface area (Å²) >= 11 is 3.26. The van der Waals surface area contributed by atoms with Gasteiger partial charge < -0.3 is 10.2 Å². The van der Waals surface area contributed by atoms with Gasteiger partial charge in [-0.25, -0.2) is 8.42 Å². The van der Waals surface area contributed by atoms with E-state index in [1.165, 1.54) is 0 Å². The van der Waals surface area contributed by atoms with E-state index in [4.69, 9.17) is 10.2 Å². The van der Waals surface area contributed by atoms with Gasteiger partial charge in [0.25, 0.3) is 0 Å². The van der Waals surface area contributed by atoms with Crippen molar-refractivity contribution < 1.29 is 12.8 Å². The van der Waals surface area contributed by atoms with Crippen LogP contribution in [0.4, 0.5) is 0 Å². The smallest absolute Gasteiger partial charge is 0.185 e. The van der Waals surface area contributed by atoms with Crippen LogP contribution in [0.25, 0.3) is 0 Å². The Labute approximate surface area is 114 Å². The molecule has 0 aliphatic rings. The van der Waals surface area contributed by atoms with Gasteiger partial charge in [0.2, 0.25) is 0 Å². The largest absolute Gasteiger partial charge is 0.464 e. The van der Waals surface area contributed by atoms with E-state index in [9.17, 15) is 8.42 Å². The number of hydrogen-bond acceptors (Lipinski definition) is 4. The van der Waals surface area contributed by atoms with Crippen molar-refractivity contribution in [1.29, 1.82) is 0 Å². The van der Waals surface area contributed by atoms with Crippen molar-refractivity contribution in [2.75, 3.05) is 0 Å². The van der Waals surface area contributed by atoms with Gasteiger partial charge >= 0.3 is 0 Å². The maximum atomic E-state index is 12.1. The van der Waals surface area contributed by atoms with Gasteiger partial charge in [-0.3, -0.25) is 0 Å². The maximum Gasteiger partial charge on any atom is 0.185 e. The summed E-state index contributed by atoms with van der Waals surface area (Å²) in [5, 5.41) is 0. The first-order chi connectivity index (χ1) is 8.51. The van der Waals surface area contributed by atoms with Crippen LogP contribution in [0.5, 0.6) is 0 Å². The van der Waals surface area contributed by atoms with Crippen molar-refractivity contribution in [1.82, 2.24) is 0 Å². The van der Waals surface area contributed by atoms with Crippen LogP contribution in [-0.4, -0.2) is 8.42 Å². The Morgan fingerprint density at radius 3 is 2.22 bits per heavy atom. The zero-order valence-electron chi connectivity index (χ0n) is 9.47. The van der Waals surface area contributed by atoms with E-state index in [-0.39, 0.29) is 17.2 Å². The molecule has 0 bridgehead atoms. The molecule has 1 heterocycles. The second-order valence-electron chi connectivity index (χ2n) is 3.79. The number of furan rings is 1. The van der Waals surface area contributed by atoms with Crippen LogP contribution in [0.1, 0.15) is 11.5 Å². The van der Waals surface area contributed by atoms with Crippen molar-refractivity contribution in [3.05, 3.63) is 52.4 Å². The molecular weight excluding hydrogens is 318 g/mol. The average molecular weight is 330 g/mol. The SMILES string of the molecule is NCc1ccc(CS(=O)(=O)c2ccc(Br)cc2)o1. The van der Waals surface area contributed by atoms with E-state index in [2.05, 4.69) is 15.9 Å². The van der Waals surface area contributed by atoms with E-state index in [0.717, 1.165) is 4.47 Å². The first kappa shape index (κ1) is 13.3. The molecule has 96 valence electrons.